The molecule has 7 heteroatoms. The summed E-state index contributed by atoms with van der Waals surface area (Å²) in [4.78, 5) is 12.6. The zero-order chi connectivity index (χ0) is 14.9. The van der Waals surface area contributed by atoms with Crippen LogP contribution in [-0.2, 0) is 0 Å². The summed E-state index contributed by atoms with van der Waals surface area (Å²) in [6.07, 6.45) is 0. The summed E-state index contributed by atoms with van der Waals surface area (Å²) in [5, 5.41) is 2.32. The molecule has 0 heterocycles. The van der Waals surface area contributed by atoms with Gasteiger partial charge in [-0.2, -0.15) is 0 Å². The molecule has 0 saturated carbocycles. The fourth-order valence-electron chi connectivity index (χ4n) is 1.50. The zero-order valence-corrected chi connectivity index (χ0v) is 13.8. The highest BCUT2D eigenvalue weighted by Gasteiger charge is 2.14. The van der Waals surface area contributed by atoms with Crippen molar-refractivity contribution in [2.45, 2.75) is 4.90 Å². The van der Waals surface area contributed by atoms with Crippen molar-refractivity contribution in [2.24, 2.45) is 0 Å². The van der Waals surface area contributed by atoms with Crippen LogP contribution >= 0.6 is 44.5 Å². The van der Waals surface area contributed by atoms with Crippen LogP contribution in [0.2, 0.25) is 0 Å². The average Bonchev–Trinajstić information content (AvgIpc) is 2.38. The van der Waals surface area contributed by atoms with E-state index in [2.05, 4.69) is 49.8 Å². The molecule has 0 aliphatic carbocycles. The van der Waals surface area contributed by atoms with Gasteiger partial charge in [0.1, 0.15) is 11.6 Å². The predicted octanol–water partition coefficient (Wildman–Crippen LogP) is 5.03. The lowest BCUT2D eigenvalue weighted by molar-refractivity contribution is 0.102. The van der Waals surface area contributed by atoms with Gasteiger partial charge < -0.3 is 5.32 Å². The van der Waals surface area contributed by atoms with Crippen molar-refractivity contribution in [1.29, 1.82) is 0 Å². The third kappa shape index (κ3) is 3.39. The Hall–Kier alpha value is -0.920. The molecule has 0 aliphatic heterocycles. The molecule has 20 heavy (non-hydrogen) atoms. The van der Waals surface area contributed by atoms with Gasteiger partial charge >= 0.3 is 0 Å². The van der Waals surface area contributed by atoms with Gasteiger partial charge in [-0.15, -0.1) is 12.6 Å². The minimum Gasteiger partial charge on any atom is -0.319 e. The minimum atomic E-state index is -0.732. The minimum absolute atomic E-state index is 0.00784. The molecular formula is C13H7Br2F2NOS. The highest BCUT2D eigenvalue weighted by molar-refractivity contribution is 9.10. The van der Waals surface area contributed by atoms with E-state index in [-0.39, 0.29) is 15.7 Å². The van der Waals surface area contributed by atoms with Crippen molar-refractivity contribution in [1.82, 2.24) is 0 Å². The van der Waals surface area contributed by atoms with Crippen molar-refractivity contribution >= 4 is 56.1 Å². The van der Waals surface area contributed by atoms with Crippen LogP contribution in [0.3, 0.4) is 0 Å². The number of hydrogen-bond donors (Lipinski definition) is 2. The van der Waals surface area contributed by atoms with Crippen molar-refractivity contribution in [3.8, 4) is 0 Å². The summed E-state index contributed by atoms with van der Waals surface area (Å²) in [5.41, 5.74) is 0.0485. The van der Waals surface area contributed by atoms with Gasteiger partial charge in [-0.1, -0.05) is 0 Å². The van der Waals surface area contributed by atoms with Crippen LogP contribution in [0.5, 0.6) is 0 Å². The summed E-state index contributed by atoms with van der Waals surface area (Å²) in [5.74, 6) is -1.96. The second-order valence-electron chi connectivity index (χ2n) is 3.86. The number of benzene rings is 2. The first kappa shape index (κ1) is 15.5. The summed E-state index contributed by atoms with van der Waals surface area (Å²) >= 11 is 10.2. The molecule has 1 N–H and O–H groups in total. The first-order valence-corrected chi connectivity index (χ1v) is 7.36. The van der Waals surface area contributed by atoms with E-state index in [1.54, 1.807) is 12.1 Å². The van der Waals surface area contributed by atoms with Crippen LogP contribution in [0, 0.1) is 11.6 Å². The van der Waals surface area contributed by atoms with Crippen LogP contribution < -0.4 is 5.32 Å². The van der Waals surface area contributed by atoms with Crippen LogP contribution in [0.15, 0.2) is 44.2 Å². The summed E-state index contributed by atoms with van der Waals surface area (Å²) in [7, 11) is 0. The summed E-state index contributed by atoms with van der Waals surface area (Å²) in [6, 6.07) is 6.74. The van der Waals surface area contributed by atoms with E-state index >= 15 is 0 Å². The van der Waals surface area contributed by atoms with Gasteiger partial charge in [-0.3, -0.25) is 4.79 Å². The van der Waals surface area contributed by atoms with Crippen molar-refractivity contribution in [2.75, 3.05) is 5.32 Å². The number of rotatable bonds is 2. The highest BCUT2D eigenvalue weighted by atomic mass is 79.9. The quantitative estimate of drug-likeness (QED) is 0.515. The van der Waals surface area contributed by atoms with Crippen LogP contribution in [0.25, 0.3) is 0 Å². The topological polar surface area (TPSA) is 29.1 Å². The highest BCUT2D eigenvalue weighted by Crippen LogP contribution is 2.25. The van der Waals surface area contributed by atoms with E-state index in [4.69, 9.17) is 0 Å². The maximum atomic E-state index is 13.6. The lowest BCUT2D eigenvalue weighted by atomic mass is 10.2. The van der Waals surface area contributed by atoms with Gasteiger partial charge in [0.15, 0.2) is 0 Å². The van der Waals surface area contributed by atoms with Crippen molar-refractivity contribution in [3.63, 3.8) is 0 Å². The fourth-order valence-corrected chi connectivity index (χ4v) is 2.44. The Bertz CT molecular complexity index is 694. The number of anilines is 1. The average molecular weight is 423 g/mol. The molecule has 104 valence electrons. The molecule has 0 saturated heterocycles. The van der Waals surface area contributed by atoms with Gasteiger partial charge in [0.05, 0.1) is 15.7 Å². The second-order valence-corrected chi connectivity index (χ2v) is 6.09. The molecule has 0 atom stereocenters. The van der Waals surface area contributed by atoms with E-state index < -0.39 is 17.5 Å². The van der Waals surface area contributed by atoms with Crippen LogP contribution in [-0.4, -0.2) is 5.91 Å². The van der Waals surface area contributed by atoms with Crippen molar-refractivity contribution in [3.05, 3.63) is 56.5 Å². The Labute approximate surface area is 136 Å². The number of nitrogens with one attached hydrogen (secondary N) is 1. The molecule has 0 aromatic heterocycles. The molecule has 1 amide bonds. The molecule has 0 radical (unpaired) electrons. The standard InChI is InChI=1S/C13H7Br2F2NOS/c14-8-2-1-6(20)3-7(8)13(19)18-12-5-10(16)9(15)4-11(12)17/h1-5,20H,(H,18,19). The second kappa shape index (κ2) is 6.24. The van der Waals surface area contributed by atoms with E-state index in [9.17, 15) is 13.6 Å². The Balaban J connectivity index is 2.32. The lowest BCUT2D eigenvalue weighted by Crippen LogP contribution is -2.14. The number of carbonyl (C=O) groups excluding carboxylic acids is 1. The number of halogens is 4. The molecule has 2 rings (SSSR count). The molecule has 0 bridgehead atoms. The van der Waals surface area contributed by atoms with Crippen LogP contribution in [0.4, 0.5) is 14.5 Å². The molecule has 2 aromatic carbocycles. The lowest BCUT2D eigenvalue weighted by Gasteiger charge is -2.09. The summed E-state index contributed by atoms with van der Waals surface area (Å²) in [6.45, 7) is 0. The number of thiol groups is 1. The monoisotopic (exact) mass is 421 g/mol. The zero-order valence-electron chi connectivity index (χ0n) is 9.75. The smallest absolute Gasteiger partial charge is 0.256 e. The van der Waals surface area contributed by atoms with Gasteiger partial charge in [0.2, 0.25) is 0 Å². The Morgan fingerprint density at radius 1 is 1.05 bits per heavy atom. The van der Waals surface area contributed by atoms with Gasteiger partial charge in [0.25, 0.3) is 5.91 Å². The molecule has 0 unspecified atom stereocenters. The fraction of sp³-hybridized carbons (Fsp3) is 0. The van der Waals surface area contributed by atoms with Crippen molar-refractivity contribution < 1.29 is 13.6 Å². The van der Waals surface area contributed by atoms with Crippen LogP contribution in [0.1, 0.15) is 10.4 Å². The molecular weight excluding hydrogens is 416 g/mol. The Morgan fingerprint density at radius 3 is 2.45 bits per heavy atom. The first-order chi connectivity index (χ1) is 9.38. The molecule has 0 spiro atoms. The largest absolute Gasteiger partial charge is 0.319 e. The maximum Gasteiger partial charge on any atom is 0.256 e. The summed E-state index contributed by atoms with van der Waals surface area (Å²) < 4.78 is 27.5. The Kier molecular flexibility index (Phi) is 4.82. The third-order valence-corrected chi connectivity index (χ3v) is 4.03. The third-order valence-electron chi connectivity index (χ3n) is 2.45. The van der Waals surface area contributed by atoms with Gasteiger partial charge in [-0.05, 0) is 56.1 Å². The number of amides is 1. The predicted molar refractivity (Wildman–Crippen MR) is 83.4 cm³/mol. The maximum absolute atomic E-state index is 13.6. The van der Waals surface area contributed by atoms with Gasteiger partial charge in [-0.25, -0.2) is 8.78 Å². The molecule has 2 nitrogen and oxygen atoms in total. The SMILES string of the molecule is O=C(Nc1cc(F)c(Br)cc1F)c1cc(S)ccc1Br. The number of carbonyl (C=O) groups is 1. The van der Waals surface area contributed by atoms with E-state index in [0.717, 1.165) is 12.1 Å². The Morgan fingerprint density at radius 2 is 1.75 bits per heavy atom. The van der Waals surface area contributed by atoms with E-state index in [1.807, 2.05) is 0 Å². The van der Waals surface area contributed by atoms with E-state index in [1.165, 1.54) is 6.07 Å². The van der Waals surface area contributed by atoms with Gasteiger partial charge in [0, 0.05) is 15.4 Å². The molecule has 2 aromatic rings. The van der Waals surface area contributed by atoms with E-state index in [0.29, 0.717) is 9.37 Å². The normalized spacial score (nSPS) is 10.4. The molecule has 0 fully saturated rings. The molecule has 0 aliphatic rings. The first-order valence-electron chi connectivity index (χ1n) is 5.33. The number of hydrogen-bond acceptors (Lipinski definition) is 2.